The molecule has 0 amide bonds. The molecular formula is C9H15N3O. The molecule has 1 aromatic rings. The molecule has 0 unspecified atom stereocenters. The molecule has 72 valence electrons. The number of nitrogens with zero attached hydrogens (tertiary/aromatic N) is 2. The number of rotatable bonds is 4. The molecule has 1 N–H and O–H groups in total. The summed E-state index contributed by atoms with van der Waals surface area (Å²) in [6, 6.07) is 0. The molecule has 0 saturated heterocycles. The molecule has 1 rings (SSSR count). The smallest absolute Gasteiger partial charge is 0.232 e. The van der Waals surface area contributed by atoms with Crippen molar-refractivity contribution in [3.05, 3.63) is 17.6 Å². The maximum absolute atomic E-state index is 5.35. The van der Waals surface area contributed by atoms with Gasteiger partial charge in [0.25, 0.3) is 0 Å². The maximum atomic E-state index is 5.35. The third kappa shape index (κ3) is 2.99. The van der Waals surface area contributed by atoms with Crippen LogP contribution in [0.2, 0.25) is 0 Å². The second-order valence-electron chi connectivity index (χ2n) is 2.83. The van der Waals surface area contributed by atoms with Crippen LogP contribution >= 0.6 is 0 Å². The molecular weight excluding hydrogens is 166 g/mol. The Kier molecular flexibility index (Phi) is 3.64. The van der Waals surface area contributed by atoms with Crippen molar-refractivity contribution in [1.29, 1.82) is 0 Å². The van der Waals surface area contributed by atoms with Crippen LogP contribution < -0.4 is 10.1 Å². The number of aryl methyl sites for hydroxylation is 2. The van der Waals surface area contributed by atoms with Crippen LogP contribution in [0.4, 0.5) is 0 Å². The lowest BCUT2D eigenvalue weighted by molar-refractivity contribution is 0.304. The SMILES string of the molecule is CNCCOc1cnc(C)c(C)n1. The van der Waals surface area contributed by atoms with Crippen LogP contribution in [0.25, 0.3) is 0 Å². The van der Waals surface area contributed by atoms with Gasteiger partial charge in [0.1, 0.15) is 6.61 Å². The molecule has 4 nitrogen and oxygen atoms in total. The average Bonchev–Trinajstić information content (AvgIpc) is 2.12. The Balaban J connectivity index is 2.53. The Hall–Kier alpha value is -1.16. The normalized spacial score (nSPS) is 10.1. The van der Waals surface area contributed by atoms with Gasteiger partial charge in [-0.1, -0.05) is 0 Å². The first kappa shape index (κ1) is 9.92. The van der Waals surface area contributed by atoms with E-state index in [2.05, 4.69) is 15.3 Å². The van der Waals surface area contributed by atoms with Crippen LogP contribution in [0.5, 0.6) is 5.88 Å². The lowest BCUT2D eigenvalue weighted by Gasteiger charge is -2.05. The molecule has 0 fully saturated rings. The second-order valence-corrected chi connectivity index (χ2v) is 2.83. The number of likely N-dealkylation sites (N-methyl/N-ethyl adjacent to an activating group) is 1. The average molecular weight is 181 g/mol. The van der Waals surface area contributed by atoms with Crippen LogP contribution in [-0.4, -0.2) is 30.2 Å². The fraction of sp³-hybridized carbons (Fsp3) is 0.556. The van der Waals surface area contributed by atoms with E-state index in [-0.39, 0.29) is 0 Å². The number of hydrogen-bond donors (Lipinski definition) is 1. The monoisotopic (exact) mass is 181 g/mol. The van der Waals surface area contributed by atoms with Crippen molar-refractivity contribution in [2.75, 3.05) is 20.2 Å². The van der Waals surface area contributed by atoms with Crippen molar-refractivity contribution in [1.82, 2.24) is 15.3 Å². The van der Waals surface area contributed by atoms with Gasteiger partial charge in [0.15, 0.2) is 0 Å². The molecule has 1 aromatic heterocycles. The Labute approximate surface area is 78.4 Å². The molecule has 0 aliphatic rings. The molecule has 0 aromatic carbocycles. The van der Waals surface area contributed by atoms with Crippen LogP contribution in [0.3, 0.4) is 0 Å². The third-order valence-corrected chi connectivity index (χ3v) is 1.77. The molecule has 0 saturated carbocycles. The van der Waals surface area contributed by atoms with Crippen molar-refractivity contribution < 1.29 is 4.74 Å². The van der Waals surface area contributed by atoms with Crippen molar-refractivity contribution >= 4 is 0 Å². The quantitative estimate of drug-likeness (QED) is 0.694. The molecule has 1 heterocycles. The summed E-state index contributed by atoms with van der Waals surface area (Å²) in [6.45, 7) is 5.29. The van der Waals surface area contributed by atoms with Crippen molar-refractivity contribution in [3.63, 3.8) is 0 Å². The van der Waals surface area contributed by atoms with Gasteiger partial charge in [0.05, 0.1) is 17.6 Å². The Morgan fingerprint density at radius 3 is 2.77 bits per heavy atom. The van der Waals surface area contributed by atoms with E-state index in [0.29, 0.717) is 12.5 Å². The van der Waals surface area contributed by atoms with Gasteiger partial charge in [-0.2, -0.15) is 0 Å². The van der Waals surface area contributed by atoms with Crippen LogP contribution in [-0.2, 0) is 0 Å². The zero-order valence-electron chi connectivity index (χ0n) is 8.29. The summed E-state index contributed by atoms with van der Waals surface area (Å²) >= 11 is 0. The fourth-order valence-corrected chi connectivity index (χ4v) is 0.848. The van der Waals surface area contributed by atoms with E-state index in [1.165, 1.54) is 0 Å². The van der Waals surface area contributed by atoms with Gasteiger partial charge in [-0.15, -0.1) is 0 Å². The number of nitrogens with one attached hydrogen (secondary N) is 1. The van der Waals surface area contributed by atoms with Gasteiger partial charge in [0, 0.05) is 6.54 Å². The zero-order valence-corrected chi connectivity index (χ0v) is 8.29. The number of aromatic nitrogens is 2. The van der Waals surface area contributed by atoms with Crippen molar-refractivity contribution in [2.45, 2.75) is 13.8 Å². The molecule has 0 aliphatic carbocycles. The minimum Gasteiger partial charge on any atom is -0.475 e. The third-order valence-electron chi connectivity index (χ3n) is 1.77. The maximum Gasteiger partial charge on any atom is 0.232 e. The highest BCUT2D eigenvalue weighted by Crippen LogP contribution is 2.07. The second kappa shape index (κ2) is 4.77. The first-order valence-corrected chi connectivity index (χ1v) is 4.31. The standard InChI is InChI=1S/C9H15N3O/c1-7-8(2)12-9(6-11-7)13-5-4-10-3/h6,10H,4-5H2,1-3H3. The van der Waals surface area contributed by atoms with Gasteiger partial charge in [-0.3, -0.25) is 4.98 Å². The predicted octanol–water partition coefficient (Wildman–Crippen LogP) is 0.692. The summed E-state index contributed by atoms with van der Waals surface area (Å²) in [5, 5.41) is 2.99. The Bertz CT molecular complexity index is 276. The van der Waals surface area contributed by atoms with E-state index < -0.39 is 0 Å². The Morgan fingerprint density at radius 2 is 2.15 bits per heavy atom. The largest absolute Gasteiger partial charge is 0.475 e. The zero-order chi connectivity index (χ0) is 9.68. The molecule has 0 radical (unpaired) electrons. The first-order chi connectivity index (χ1) is 6.24. The van der Waals surface area contributed by atoms with Crippen molar-refractivity contribution in [3.8, 4) is 5.88 Å². The molecule has 0 aliphatic heterocycles. The van der Waals surface area contributed by atoms with Gasteiger partial charge >= 0.3 is 0 Å². The van der Waals surface area contributed by atoms with Crippen LogP contribution in [0.1, 0.15) is 11.4 Å². The summed E-state index contributed by atoms with van der Waals surface area (Å²) in [6.07, 6.45) is 1.65. The predicted molar refractivity (Wildman–Crippen MR) is 50.9 cm³/mol. The topological polar surface area (TPSA) is 47.0 Å². The highest BCUT2D eigenvalue weighted by Gasteiger charge is 1.98. The van der Waals surface area contributed by atoms with E-state index >= 15 is 0 Å². The minimum atomic E-state index is 0.596. The summed E-state index contributed by atoms with van der Waals surface area (Å²) < 4.78 is 5.35. The number of hydrogen-bond acceptors (Lipinski definition) is 4. The number of ether oxygens (including phenoxy) is 1. The van der Waals surface area contributed by atoms with Gasteiger partial charge in [-0.05, 0) is 20.9 Å². The highest BCUT2D eigenvalue weighted by molar-refractivity contribution is 5.14. The van der Waals surface area contributed by atoms with E-state index in [0.717, 1.165) is 17.9 Å². The van der Waals surface area contributed by atoms with E-state index in [1.54, 1.807) is 6.20 Å². The van der Waals surface area contributed by atoms with E-state index in [9.17, 15) is 0 Å². The lowest BCUT2D eigenvalue weighted by Crippen LogP contribution is -2.16. The summed E-state index contributed by atoms with van der Waals surface area (Å²) in [5.41, 5.74) is 1.86. The lowest BCUT2D eigenvalue weighted by atomic mass is 10.4. The highest BCUT2D eigenvalue weighted by atomic mass is 16.5. The first-order valence-electron chi connectivity index (χ1n) is 4.31. The Morgan fingerprint density at radius 1 is 1.38 bits per heavy atom. The van der Waals surface area contributed by atoms with Gasteiger partial charge in [-0.25, -0.2) is 4.98 Å². The van der Waals surface area contributed by atoms with E-state index in [4.69, 9.17) is 4.74 Å². The molecule has 0 bridgehead atoms. The minimum absolute atomic E-state index is 0.596. The van der Waals surface area contributed by atoms with Crippen molar-refractivity contribution in [2.24, 2.45) is 0 Å². The van der Waals surface area contributed by atoms with E-state index in [1.807, 2.05) is 20.9 Å². The molecule has 0 spiro atoms. The summed E-state index contributed by atoms with van der Waals surface area (Å²) in [4.78, 5) is 8.38. The molecule has 13 heavy (non-hydrogen) atoms. The fourth-order valence-electron chi connectivity index (χ4n) is 0.848. The summed E-state index contributed by atoms with van der Waals surface area (Å²) in [7, 11) is 1.88. The van der Waals surface area contributed by atoms with Gasteiger partial charge in [0.2, 0.25) is 5.88 Å². The van der Waals surface area contributed by atoms with Gasteiger partial charge < -0.3 is 10.1 Å². The molecule has 0 atom stereocenters. The summed E-state index contributed by atoms with van der Waals surface area (Å²) in [5.74, 6) is 0.596. The molecule has 4 heteroatoms. The van der Waals surface area contributed by atoms with Crippen LogP contribution in [0, 0.1) is 13.8 Å². The van der Waals surface area contributed by atoms with Crippen LogP contribution in [0.15, 0.2) is 6.20 Å².